The Hall–Kier alpha value is -0.870. The standard InChI is InChI=1S/C12H19NO2S/c1-9-5-6-11(7-10(9)2)12(13-3)8-16(4,14)15/h5-7,12-13H,8H2,1-4H3. The SMILES string of the molecule is CNC(CS(C)(=O)=O)c1ccc(C)c(C)c1. The number of hydrogen-bond donors (Lipinski definition) is 1. The Bertz CT molecular complexity index is 466. The Morgan fingerprint density at radius 2 is 1.88 bits per heavy atom. The maximum atomic E-state index is 11.3. The fourth-order valence-electron chi connectivity index (χ4n) is 1.63. The van der Waals surface area contributed by atoms with Crippen LogP contribution in [0.5, 0.6) is 0 Å². The van der Waals surface area contributed by atoms with Crippen molar-refractivity contribution in [2.24, 2.45) is 0 Å². The van der Waals surface area contributed by atoms with Gasteiger partial charge in [0.15, 0.2) is 0 Å². The molecule has 0 amide bonds. The van der Waals surface area contributed by atoms with Crippen LogP contribution < -0.4 is 5.32 Å². The summed E-state index contributed by atoms with van der Waals surface area (Å²) in [6.45, 7) is 4.08. The molecule has 0 radical (unpaired) electrons. The minimum Gasteiger partial charge on any atom is -0.312 e. The molecule has 0 fully saturated rings. The average molecular weight is 241 g/mol. The van der Waals surface area contributed by atoms with Gasteiger partial charge in [-0.3, -0.25) is 0 Å². The van der Waals surface area contributed by atoms with Crippen molar-refractivity contribution in [3.05, 3.63) is 34.9 Å². The fourth-order valence-corrected chi connectivity index (χ4v) is 2.59. The highest BCUT2D eigenvalue weighted by Crippen LogP contribution is 2.18. The predicted octanol–water partition coefficient (Wildman–Crippen LogP) is 1.61. The highest BCUT2D eigenvalue weighted by Gasteiger charge is 2.15. The molecule has 0 aliphatic rings. The monoisotopic (exact) mass is 241 g/mol. The zero-order valence-corrected chi connectivity index (χ0v) is 11.1. The van der Waals surface area contributed by atoms with E-state index in [1.807, 2.05) is 32.0 Å². The quantitative estimate of drug-likeness (QED) is 0.871. The van der Waals surface area contributed by atoms with Gasteiger partial charge in [0.2, 0.25) is 0 Å². The lowest BCUT2D eigenvalue weighted by atomic mass is 10.0. The smallest absolute Gasteiger partial charge is 0.149 e. The Kier molecular flexibility index (Phi) is 4.10. The Balaban J connectivity index is 3.00. The molecular formula is C12H19NO2S. The Morgan fingerprint density at radius 3 is 2.31 bits per heavy atom. The number of benzene rings is 1. The van der Waals surface area contributed by atoms with Crippen LogP contribution in [0.15, 0.2) is 18.2 Å². The van der Waals surface area contributed by atoms with Crippen molar-refractivity contribution < 1.29 is 8.42 Å². The topological polar surface area (TPSA) is 46.2 Å². The van der Waals surface area contributed by atoms with Crippen LogP contribution in [0.1, 0.15) is 22.7 Å². The van der Waals surface area contributed by atoms with Gasteiger partial charge in [-0.05, 0) is 37.6 Å². The van der Waals surface area contributed by atoms with Crippen LogP contribution in [0, 0.1) is 13.8 Å². The molecule has 0 spiro atoms. The van der Waals surface area contributed by atoms with Crippen LogP contribution in [-0.4, -0.2) is 27.5 Å². The second kappa shape index (κ2) is 4.97. The lowest BCUT2D eigenvalue weighted by molar-refractivity contribution is 0.579. The molecule has 0 saturated carbocycles. The van der Waals surface area contributed by atoms with Gasteiger partial charge in [0.05, 0.1) is 5.75 Å². The fraction of sp³-hybridized carbons (Fsp3) is 0.500. The minimum absolute atomic E-state index is 0.130. The summed E-state index contributed by atoms with van der Waals surface area (Å²) in [4.78, 5) is 0. The van der Waals surface area contributed by atoms with Crippen molar-refractivity contribution in [1.29, 1.82) is 0 Å². The van der Waals surface area contributed by atoms with Gasteiger partial charge in [-0.25, -0.2) is 8.42 Å². The Morgan fingerprint density at radius 1 is 1.25 bits per heavy atom. The van der Waals surface area contributed by atoms with Gasteiger partial charge in [-0.15, -0.1) is 0 Å². The summed E-state index contributed by atoms with van der Waals surface area (Å²) in [5.41, 5.74) is 3.43. The van der Waals surface area contributed by atoms with E-state index < -0.39 is 9.84 Å². The molecule has 0 heterocycles. The van der Waals surface area contributed by atoms with Crippen molar-refractivity contribution in [2.45, 2.75) is 19.9 Å². The first-order valence-electron chi connectivity index (χ1n) is 5.25. The molecule has 0 aliphatic carbocycles. The van der Waals surface area contributed by atoms with E-state index in [2.05, 4.69) is 5.32 Å². The summed E-state index contributed by atoms with van der Waals surface area (Å²) in [6.07, 6.45) is 1.26. The summed E-state index contributed by atoms with van der Waals surface area (Å²) in [6, 6.07) is 5.92. The second-order valence-corrected chi connectivity index (χ2v) is 6.46. The molecule has 0 saturated heterocycles. The van der Waals surface area contributed by atoms with Crippen molar-refractivity contribution in [1.82, 2.24) is 5.32 Å². The van der Waals surface area contributed by atoms with Crippen LogP contribution in [-0.2, 0) is 9.84 Å². The first kappa shape index (κ1) is 13.2. The van der Waals surface area contributed by atoms with Gasteiger partial charge >= 0.3 is 0 Å². The number of nitrogens with one attached hydrogen (secondary N) is 1. The number of aryl methyl sites for hydroxylation is 2. The molecule has 0 bridgehead atoms. The predicted molar refractivity (Wildman–Crippen MR) is 67.4 cm³/mol. The maximum absolute atomic E-state index is 11.3. The lowest BCUT2D eigenvalue weighted by Gasteiger charge is -2.16. The van der Waals surface area contributed by atoms with E-state index in [1.54, 1.807) is 7.05 Å². The summed E-state index contributed by atoms with van der Waals surface area (Å²) in [5.74, 6) is 0.131. The zero-order chi connectivity index (χ0) is 12.3. The lowest BCUT2D eigenvalue weighted by Crippen LogP contribution is -2.24. The highest BCUT2D eigenvalue weighted by atomic mass is 32.2. The van der Waals surface area contributed by atoms with Gasteiger partial charge in [0.1, 0.15) is 9.84 Å². The molecule has 1 rings (SSSR count). The summed E-state index contributed by atoms with van der Waals surface area (Å²) < 4.78 is 22.6. The van der Waals surface area contributed by atoms with Crippen molar-refractivity contribution in [3.8, 4) is 0 Å². The zero-order valence-electron chi connectivity index (χ0n) is 10.2. The Labute approximate surface area is 97.8 Å². The summed E-state index contributed by atoms with van der Waals surface area (Å²) in [7, 11) is -1.19. The molecule has 90 valence electrons. The molecule has 1 aromatic rings. The third-order valence-corrected chi connectivity index (χ3v) is 3.69. The molecule has 1 aromatic carbocycles. The first-order chi connectivity index (χ1) is 7.33. The largest absolute Gasteiger partial charge is 0.312 e. The average Bonchev–Trinajstić information content (AvgIpc) is 2.17. The van der Waals surface area contributed by atoms with E-state index in [0.717, 1.165) is 5.56 Å². The van der Waals surface area contributed by atoms with E-state index in [0.29, 0.717) is 0 Å². The molecule has 16 heavy (non-hydrogen) atoms. The minimum atomic E-state index is -2.97. The number of rotatable bonds is 4. The third-order valence-electron chi connectivity index (χ3n) is 2.75. The van der Waals surface area contributed by atoms with Crippen molar-refractivity contribution >= 4 is 9.84 Å². The van der Waals surface area contributed by atoms with Gasteiger partial charge < -0.3 is 5.32 Å². The molecule has 4 heteroatoms. The van der Waals surface area contributed by atoms with E-state index in [1.165, 1.54) is 17.4 Å². The molecule has 1 atom stereocenters. The van der Waals surface area contributed by atoms with Crippen LogP contribution in [0.2, 0.25) is 0 Å². The highest BCUT2D eigenvalue weighted by molar-refractivity contribution is 7.90. The van der Waals surface area contributed by atoms with Gasteiger partial charge in [-0.2, -0.15) is 0 Å². The second-order valence-electron chi connectivity index (χ2n) is 4.28. The normalized spacial score (nSPS) is 13.8. The van der Waals surface area contributed by atoms with E-state index >= 15 is 0 Å². The molecule has 1 unspecified atom stereocenters. The first-order valence-corrected chi connectivity index (χ1v) is 7.31. The summed E-state index contributed by atoms with van der Waals surface area (Å²) in [5, 5.41) is 3.04. The molecule has 1 N–H and O–H groups in total. The molecule has 0 aliphatic heterocycles. The number of hydrogen-bond acceptors (Lipinski definition) is 3. The molecular weight excluding hydrogens is 222 g/mol. The van der Waals surface area contributed by atoms with Crippen LogP contribution in [0.4, 0.5) is 0 Å². The van der Waals surface area contributed by atoms with Crippen molar-refractivity contribution in [3.63, 3.8) is 0 Å². The van der Waals surface area contributed by atoms with Crippen LogP contribution in [0.25, 0.3) is 0 Å². The van der Waals surface area contributed by atoms with Crippen LogP contribution in [0.3, 0.4) is 0 Å². The molecule has 3 nitrogen and oxygen atoms in total. The van der Waals surface area contributed by atoms with Gasteiger partial charge in [0, 0.05) is 12.3 Å². The third kappa shape index (κ3) is 3.61. The van der Waals surface area contributed by atoms with E-state index in [9.17, 15) is 8.42 Å². The van der Waals surface area contributed by atoms with E-state index in [4.69, 9.17) is 0 Å². The molecule has 0 aromatic heterocycles. The maximum Gasteiger partial charge on any atom is 0.149 e. The van der Waals surface area contributed by atoms with Crippen LogP contribution >= 0.6 is 0 Å². The number of sulfone groups is 1. The summed E-state index contributed by atoms with van der Waals surface area (Å²) >= 11 is 0. The van der Waals surface area contributed by atoms with Gasteiger partial charge in [-0.1, -0.05) is 18.2 Å². The van der Waals surface area contributed by atoms with Gasteiger partial charge in [0.25, 0.3) is 0 Å². The van der Waals surface area contributed by atoms with Crippen molar-refractivity contribution in [2.75, 3.05) is 19.1 Å². The van der Waals surface area contributed by atoms with E-state index in [-0.39, 0.29) is 11.8 Å².